The molecule has 6 aliphatic rings. The summed E-state index contributed by atoms with van der Waals surface area (Å²) in [6.45, 7) is 12.9. The predicted octanol–water partition coefficient (Wildman–Crippen LogP) is -2.64. The number of carboxylic acid groups (broad SMARTS) is 3. The van der Waals surface area contributed by atoms with Crippen LogP contribution in [-0.4, -0.2) is 397 Å². The van der Waals surface area contributed by atoms with E-state index in [1.807, 2.05) is 0 Å². The largest absolute Gasteiger partial charge is 0.480 e. The number of carbonyl (C=O) groups excluding carboxylic acids is 21. The molecule has 12 amide bonds. The van der Waals surface area contributed by atoms with E-state index >= 15 is 0 Å². The Morgan fingerprint density at radius 2 is 0.728 bits per heavy atom. The highest BCUT2D eigenvalue weighted by atomic mass is 32.2. The van der Waals surface area contributed by atoms with E-state index in [2.05, 4.69) is 73.0 Å². The summed E-state index contributed by atoms with van der Waals surface area (Å²) in [5.74, 6) is -9.31. The molecule has 0 aromatic carbocycles. The van der Waals surface area contributed by atoms with Gasteiger partial charge in [0.15, 0.2) is 17.3 Å². The van der Waals surface area contributed by atoms with Gasteiger partial charge in [-0.25, -0.2) is 0 Å². The Hall–Kier alpha value is -11.1. The van der Waals surface area contributed by atoms with Gasteiger partial charge in [0, 0.05) is 124 Å². The number of imide groups is 3. The Labute approximate surface area is 864 Å². The summed E-state index contributed by atoms with van der Waals surface area (Å²) in [5, 5.41) is 41.9. The van der Waals surface area contributed by atoms with Crippen molar-refractivity contribution in [3.8, 4) is 0 Å². The number of aliphatic carboxylic acids is 3. The highest BCUT2D eigenvalue weighted by Gasteiger charge is 2.51. The van der Waals surface area contributed by atoms with Crippen molar-refractivity contribution >= 4 is 181 Å². The molecule has 0 radical (unpaired) electrons. The summed E-state index contributed by atoms with van der Waals surface area (Å²) >= 11 is 6.10. The molecule has 147 heavy (non-hydrogen) atoms. The fraction of sp³-hybridized carbons (Fsp3) is 0.720. The van der Waals surface area contributed by atoms with Crippen molar-refractivity contribution in [1.82, 2.24) is 46.6 Å². The Balaban J connectivity index is 0.000000531. The van der Waals surface area contributed by atoms with Crippen molar-refractivity contribution in [2.75, 3.05) is 175 Å². The van der Waals surface area contributed by atoms with Crippen molar-refractivity contribution in [3.63, 3.8) is 0 Å². The maximum Gasteiger partial charge on any atom is 0.320 e. The van der Waals surface area contributed by atoms with E-state index in [0.717, 1.165) is 49.2 Å². The lowest BCUT2D eigenvalue weighted by atomic mass is 9.81. The van der Waals surface area contributed by atoms with E-state index in [1.54, 1.807) is 20.8 Å². The van der Waals surface area contributed by atoms with Crippen molar-refractivity contribution in [2.24, 2.45) is 58.6 Å². The first-order valence-electron chi connectivity index (χ1n) is 48.5. The molecule has 0 aromatic rings. The van der Waals surface area contributed by atoms with Gasteiger partial charge in [0.1, 0.15) is 42.7 Å². The number of rotatable bonds is 76. The molecule has 3 heterocycles. The van der Waals surface area contributed by atoms with E-state index in [1.165, 1.54) is 20.8 Å². The average Bonchev–Trinajstić information content (AvgIpc) is 1.64. The predicted molar refractivity (Wildman–Crippen MR) is 520 cm³/mol. The smallest absolute Gasteiger partial charge is 0.320 e. The second kappa shape index (κ2) is 75.6. The number of hydrogen-bond donors (Lipinski definition) is 13. The fourth-order valence-corrected chi connectivity index (χ4v) is 18.6. The van der Waals surface area contributed by atoms with Gasteiger partial charge in [-0.1, -0.05) is 6.92 Å². The van der Waals surface area contributed by atoms with Gasteiger partial charge in [-0.15, -0.1) is 23.5 Å². The van der Waals surface area contributed by atoms with Crippen LogP contribution in [-0.2, 0) is 172 Å². The lowest BCUT2D eigenvalue weighted by molar-refractivity contribution is -0.141. The minimum atomic E-state index is -1.26. The molecule has 54 heteroatoms. The van der Waals surface area contributed by atoms with Crippen LogP contribution >= 0.6 is 36.2 Å². The lowest BCUT2D eigenvalue weighted by Crippen LogP contribution is -2.45. The third-order valence-corrected chi connectivity index (χ3v) is 27.5. The first-order valence-corrected chi connectivity index (χ1v) is 51.2. The molecule has 6 rings (SSSR count). The number of ether oxygens (including phenoxy) is 12. The first-order chi connectivity index (χ1) is 70.3. The molecule has 15 N–H and O–H groups in total. The minimum Gasteiger partial charge on any atom is -0.480 e. The maximum absolute atomic E-state index is 13.5. The van der Waals surface area contributed by atoms with Gasteiger partial charge in [0.25, 0.3) is 50.6 Å². The van der Waals surface area contributed by atoms with Crippen LogP contribution in [0.4, 0.5) is 0 Å². The number of hydrogen-bond acceptors (Lipinski definition) is 42. The summed E-state index contributed by atoms with van der Waals surface area (Å²) in [4.78, 5) is 285. The van der Waals surface area contributed by atoms with Gasteiger partial charge in [0.2, 0.25) is 59.1 Å². The number of carboxylic acids is 3. The first kappa shape index (κ1) is 130. The molecule has 3 aliphatic heterocycles. The number of likely N-dealkylation sites (tertiary alicyclic amines) is 2. The van der Waals surface area contributed by atoms with Crippen LogP contribution in [0.1, 0.15) is 162 Å². The number of thioether (sulfide) groups is 2. The average molecular weight is 2150 g/mol. The van der Waals surface area contributed by atoms with Gasteiger partial charge >= 0.3 is 17.9 Å². The number of nitrogens with two attached hydrogens (primary N) is 3. The molecule has 2 saturated heterocycles. The maximum atomic E-state index is 13.5. The van der Waals surface area contributed by atoms with E-state index in [0.29, 0.717) is 169 Å². The Morgan fingerprint density at radius 3 is 1.05 bits per heavy atom. The number of ketones is 3. The zero-order valence-corrected chi connectivity index (χ0v) is 85.7. The standard InChI is InChI=1S/2C31H48N4O13S.C20H30N2O7.C11H18N2O6S/c1-31(49-18-24(25(38)8-10-47-19-36)34-26(39)7-6-23(32)29(42)43)16-27(40)35(30(31)44)17-21-2-4-22(5-3-21)28(41)33-9-11-45-12-13-46-14-15-48-20-37;1-20-27(49-17-24(25(38)8-10-47-18-36)34-26(39)7-6-23(32)31(43)44)30(42)35(29(20)41)16-21-2-4-22(5-3-21)28(40)33-9-11-45-12-13-46-14-15-48-19-37;1-15-12-18(24)22(20(15)26)13-16-2-4-17(5-3-16)19(25)21-6-7-27-8-9-28-10-11-29-14-23;12-7(11(17)18)1-2-10(16)13-8(5-20)9(15)3-4-19-6-14/h19-24H,2-18,32H2,1H3,(H,33,41)(H,34,39)(H,42,43);18-24,27H,2-17,32H2,1H3,(H,33,40)(H,34,39)(H,43,44);12,14,16-17H,2-11,13H2,1H3,(H,21,25);6-8,20H,1-5,12H2,(H,13,16)(H,17,18). The molecule has 0 spiro atoms. The van der Waals surface area contributed by atoms with Crippen LogP contribution in [0.5, 0.6) is 0 Å². The summed E-state index contributed by atoms with van der Waals surface area (Å²) in [5.41, 5.74) is 16.7. The van der Waals surface area contributed by atoms with Crippen molar-refractivity contribution in [3.05, 3.63) is 11.6 Å². The number of carbonyl (C=O) groups is 24. The number of thiol groups is 1. The molecule has 3 aliphatic carbocycles. The van der Waals surface area contributed by atoms with Gasteiger partial charge in [-0.3, -0.25) is 130 Å². The summed E-state index contributed by atoms with van der Waals surface area (Å²) < 4.78 is 57.7. The minimum absolute atomic E-state index is 0.0249. The normalized spacial score (nSPS) is 20.6. The quantitative estimate of drug-likeness (QED) is 0.00973. The molecular formula is C93H144N12O39S3. The Bertz CT molecular complexity index is 4190. The lowest BCUT2D eigenvalue weighted by Gasteiger charge is -2.31. The molecule has 0 aromatic heterocycles. The topological polar surface area (TPSA) is 741 Å². The second-order valence-electron chi connectivity index (χ2n) is 35.1. The summed E-state index contributed by atoms with van der Waals surface area (Å²) in [6, 6.07) is -6.57. The van der Waals surface area contributed by atoms with E-state index in [-0.39, 0.29) is 255 Å². The number of Topliss-reactive ketones (excluding diaryl/α,β-unsaturated/α-hetero) is 3. The van der Waals surface area contributed by atoms with E-state index < -0.39 is 105 Å². The van der Waals surface area contributed by atoms with Gasteiger partial charge in [-0.05, 0) is 128 Å². The second-order valence-corrected chi connectivity index (χ2v) is 38.1. The highest BCUT2D eigenvalue weighted by molar-refractivity contribution is 8.01. The molecule has 9 atom stereocenters. The monoisotopic (exact) mass is 2150 g/mol. The number of amides is 12. The van der Waals surface area contributed by atoms with Crippen molar-refractivity contribution in [1.29, 1.82) is 0 Å². The van der Waals surface area contributed by atoms with Crippen LogP contribution in [0, 0.1) is 41.4 Å². The SMILES string of the molecule is CC1(SCC(NC(=O)CCC(N)C(=O)O)C(=O)CCOC=O)CC(=O)N(CC2CCC(C(=O)NCCOCCOCCOC=O)CC2)C1=O.CC1=CC(=O)N(CC2CCC(C(=O)NCCOCCOCCOC=O)CC2)C1=O.CC1C(=O)N(CC2CCC(C(=O)NCCOCCOCCOC=O)CC2)C(=O)C1SCC(NC(=O)CCC(N)C(=O)O)C(=O)CCOC=O.NC(CCC(=O)NC(CS)C(=O)CCOC=O)C(=O)O. The molecule has 0 bridgehead atoms. The van der Waals surface area contributed by atoms with Crippen LogP contribution in [0.3, 0.4) is 0 Å². The summed E-state index contributed by atoms with van der Waals surface area (Å²) in [6.07, 6.45) is 8.28. The van der Waals surface area contributed by atoms with Crippen LogP contribution in [0.25, 0.3) is 0 Å². The van der Waals surface area contributed by atoms with Crippen molar-refractivity contribution in [2.45, 2.75) is 208 Å². The van der Waals surface area contributed by atoms with Gasteiger partial charge < -0.3 is 121 Å². The molecule has 828 valence electrons. The zero-order chi connectivity index (χ0) is 109. The van der Waals surface area contributed by atoms with Crippen LogP contribution in [0.2, 0.25) is 0 Å². The van der Waals surface area contributed by atoms with Crippen LogP contribution < -0.4 is 49.1 Å². The number of nitrogens with zero attached hydrogens (tertiary/aromatic N) is 3. The van der Waals surface area contributed by atoms with Crippen molar-refractivity contribution < 1.29 is 187 Å². The molecule has 5 fully saturated rings. The van der Waals surface area contributed by atoms with E-state index in [9.17, 15) is 115 Å². The summed E-state index contributed by atoms with van der Waals surface area (Å²) in [7, 11) is 0. The fourth-order valence-electron chi connectivity index (χ4n) is 15.7. The Morgan fingerprint density at radius 1 is 0.422 bits per heavy atom. The third-order valence-electron chi connectivity index (χ3n) is 24.2. The molecule has 9 unspecified atom stereocenters. The molecule has 51 nitrogen and oxygen atoms in total. The Kier molecular flexibility index (Phi) is 66.9. The molecule has 3 saturated carbocycles. The van der Waals surface area contributed by atoms with Gasteiger partial charge in [-0.2, -0.15) is 12.6 Å². The number of nitrogens with one attached hydrogen (secondary N) is 6. The highest BCUT2D eigenvalue weighted by Crippen LogP contribution is 2.41. The zero-order valence-electron chi connectivity index (χ0n) is 83.1. The van der Waals surface area contributed by atoms with E-state index in [4.69, 9.17) is 60.9 Å². The third kappa shape index (κ3) is 52.6. The van der Waals surface area contributed by atoms with Gasteiger partial charge in [0.05, 0.1) is 135 Å². The van der Waals surface area contributed by atoms with Crippen LogP contribution in [0.15, 0.2) is 11.6 Å². The molecular weight excluding hydrogens is 2010 g/mol.